The van der Waals surface area contributed by atoms with E-state index in [0.29, 0.717) is 0 Å². The van der Waals surface area contributed by atoms with Crippen LogP contribution in [0.4, 0.5) is 0 Å². The Morgan fingerprint density at radius 2 is 1.90 bits per heavy atom. The van der Waals surface area contributed by atoms with Gasteiger partial charge in [0.15, 0.2) is 5.96 Å². The molecule has 0 bridgehead atoms. The van der Waals surface area contributed by atoms with Crippen LogP contribution in [0.3, 0.4) is 0 Å². The van der Waals surface area contributed by atoms with Gasteiger partial charge in [-0.25, -0.2) is 4.99 Å². The second kappa shape index (κ2) is 8.03. The molecule has 0 aliphatic carbocycles. The number of rotatable bonds is 4. The summed E-state index contributed by atoms with van der Waals surface area (Å²) in [4.78, 5) is 9.58. The van der Waals surface area contributed by atoms with Crippen LogP contribution >= 0.6 is 0 Å². The molecule has 0 saturated carbocycles. The average molecular weight is 288 g/mol. The number of guanidine groups is 1. The molecule has 2 rings (SSSR count). The first-order valence-corrected chi connectivity index (χ1v) is 7.96. The van der Waals surface area contributed by atoms with Crippen LogP contribution in [0, 0.1) is 0 Å². The van der Waals surface area contributed by atoms with E-state index in [1.165, 1.54) is 24.8 Å². The summed E-state index contributed by atoms with van der Waals surface area (Å²) in [7, 11) is 4.10. The maximum Gasteiger partial charge on any atom is 0.198 e. The first-order chi connectivity index (χ1) is 10.2. The zero-order valence-corrected chi connectivity index (χ0v) is 13.5. The number of piperidine rings is 1. The second-order valence-corrected chi connectivity index (χ2v) is 5.78. The lowest BCUT2D eigenvalue weighted by Crippen LogP contribution is -2.46. The van der Waals surface area contributed by atoms with Crippen molar-refractivity contribution in [3.8, 4) is 0 Å². The van der Waals surface area contributed by atoms with Gasteiger partial charge < -0.3 is 9.80 Å². The molecule has 0 amide bonds. The Morgan fingerprint density at radius 3 is 2.52 bits per heavy atom. The van der Waals surface area contributed by atoms with Gasteiger partial charge in [0, 0.05) is 26.7 Å². The van der Waals surface area contributed by atoms with Gasteiger partial charge in [-0.15, -0.1) is 0 Å². The highest BCUT2D eigenvalue weighted by molar-refractivity contribution is 5.80. The minimum absolute atomic E-state index is 0.139. The first kappa shape index (κ1) is 15.8. The molecule has 1 aliphatic rings. The fraction of sp³-hybridized carbons (Fsp3) is 0.588. The van der Waals surface area contributed by atoms with Crippen molar-refractivity contribution in [2.45, 2.75) is 38.9 Å². The monoisotopic (exact) mass is 288 g/mol. The lowest BCUT2D eigenvalue weighted by Gasteiger charge is -2.35. The SMILES string of the molecule is CNC(C)N=C(N(C)Cc1ccccc1)N1CCCCC1. The Kier molecular flexibility index (Phi) is 6.05. The van der Waals surface area contributed by atoms with Crippen LogP contribution in [0.15, 0.2) is 35.3 Å². The van der Waals surface area contributed by atoms with E-state index in [-0.39, 0.29) is 6.17 Å². The van der Waals surface area contributed by atoms with E-state index < -0.39 is 0 Å². The third-order valence-corrected chi connectivity index (χ3v) is 3.97. The minimum atomic E-state index is 0.139. The number of likely N-dealkylation sites (tertiary alicyclic amines) is 1. The van der Waals surface area contributed by atoms with E-state index in [1.807, 2.05) is 7.05 Å². The van der Waals surface area contributed by atoms with Gasteiger partial charge in [0.25, 0.3) is 0 Å². The van der Waals surface area contributed by atoms with Gasteiger partial charge in [0.2, 0.25) is 0 Å². The van der Waals surface area contributed by atoms with Crippen molar-refractivity contribution >= 4 is 5.96 Å². The van der Waals surface area contributed by atoms with E-state index in [4.69, 9.17) is 4.99 Å². The molecule has 1 fully saturated rings. The third-order valence-electron chi connectivity index (χ3n) is 3.97. The molecule has 0 aromatic heterocycles. The lowest BCUT2D eigenvalue weighted by atomic mass is 10.1. The van der Waals surface area contributed by atoms with Crippen molar-refractivity contribution in [3.63, 3.8) is 0 Å². The highest BCUT2D eigenvalue weighted by atomic mass is 15.4. The highest BCUT2D eigenvalue weighted by Gasteiger charge is 2.19. The van der Waals surface area contributed by atoms with Crippen molar-refractivity contribution < 1.29 is 0 Å². The van der Waals surface area contributed by atoms with Crippen molar-refractivity contribution in [2.24, 2.45) is 4.99 Å². The van der Waals surface area contributed by atoms with Crippen LogP contribution in [0.25, 0.3) is 0 Å². The van der Waals surface area contributed by atoms with Crippen molar-refractivity contribution in [3.05, 3.63) is 35.9 Å². The number of nitrogens with one attached hydrogen (secondary N) is 1. The standard InChI is InChI=1S/C17H28N4/c1-15(18-2)19-17(21-12-8-5-9-13-21)20(3)14-16-10-6-4-7-11-16/h4,6-7,10-11,15,18H,5,8-9,12-14H2,1-3H3. The third kappa shape index (κ3) is 4.74. The van der Waals surface area contributed by atoms with Crippen LogP contribution in [0.2, 0.25) is 0 Å². The molecule has 0 spiro atoms. The smallest absolute Gasteiger partial charge is 0.198 e. The number of aliphatic imine (C=N–C) groups is 1. The molecule has 1 N–H and O–H groups in total. The molecule has 1 saturated heterocycles. The highest BCUT2D eigenvalue weighted by Crippen LogP contribution is 2.13. The quantitative estimate of drug-likeness (QED) is 0.682. The van der Waals surface area contributed by atoms with E-state index in [2.05, 4.69) is 59.4 Å². The van der Waals surface area contributed by atoms with Crippen LogP contribution in [0.5, 0.6) is 0 Å². The fourth-order valence-corrected chi connectivity index (χ4v) is 2.68. The van der Waals surface area contributed by atoms with Crippen LogP contribution < -0.4 is 5.32 Å². The molecule has 1 atom stereocenters. The largest absolute Gasteiger partial charge is 0.343 e. The number of benzene rings is 1. The fourth-order valence-electron chi connectivity index (χ4n) is 2.68. The Balaban J connectivity index is 2.11. The van der Waals surface area contributed by atoms with Gasteiger partial charge in [0.05, 0.1) is 0 Å². The maximum atomic E-state index is 4.87. The number of hydrogen-bond acceptors (Lipinski definition) is 2. The van der Waals surface area contributed by atoms with Gasteiger partial charge in [-0.2, -0.15) is 0 Å². The molecule has 4 nitrogen and oxygen atoms in total. The maximum absolute atomic E-state index is 4.87. The van der Waals surface area contributed by atoms with Crippen LogP contribution in [-0.4, -0.2) is 49.1 Å². The van der Waals surface area contributed by atoms with E-state index in [1.54, 1.807) is 0 Å². The second-order valence-electron chi connectivity index (χ2n) is 5.78. The van der Waals surface area contributed by atoms with E-state index >= 15 is 0 Å². The van der Waals surface area contributed by atoms with Gasteiger partial charge in [-0.1, -0.05) is 30.3 Å². The Bertz CT molecular complexity index is 437. The molecule has 1 heterocycles. The van der Waals surface area contributed by atoms with Crippen molar-refractivity contribution in [1.29, 1.82) is 0 Å². The summed E-state index contributed by atoms with van der Waals surface area (Å²) in [6, 6.07) is 10.6. The van der Waals surface area contributed by atoms with Crippen LogP contribution in [0.1, 0.15) is 31.7 Å². The van der Waals surface area contributed by atoms with Gasteiger partial charge in [0.1, 0.15) is 6.17 Å². The minimum Gasteiger partial charge on any atom is -0.343 e. The van der Waals surface area contributed by atoms with Gasteiger partial charge in [-0.05, 0) is 38.8 Å². The number of nitrogens with zero attached hydrogens (tertiary/aromatic N) is 3. The molecule has 1 unspecified atom stereocenters. The average Bonchev–Trinajstić information content (AvgIpc) is 2.54. The van der Waals surface area contributed by atoms with Gasteiger partial charge >= 0.3 is 0 Å². The summed E-state index contributed by atoms with van der Waals surface area (Å²) in [5.74, 6) is 1.11. The molecule has 1 aliphatic heterocycles. The summed E-state index contributed by atoms with van der Waals surface area (Å²) in [6.45, 7) is 5.23. The van der Waals surface area contributed by atoms with Gasteiger partial charge in [-0.3, -0.25) is 5.32 Å². The summed E-state index contributed by atoms with van der Waals surface area (Å²) in [6.07, 6.45) is 4.02. The molecule has 1 aromatic carbocycles. The zero-order valence-electron chi connectivity index (χ0n) is 13.5. The summed E-state index contributed by atoms with van der Waals surface area (Å²) in [5.41, 5.74) is 1.32. The molecule has 0 radical (unpaired) electrons. The van der Waals surface area contributed by atoms with Crippen molar-refractivity contribution in [1.82, 2.24) is 15.1 Å². The molecular weight excluding hydrogens is 260 g/mol. The summed E-state index contributed by atoms with van der Waals surface area (Å²) >= 11 is 0. The van der Waals surface area contributed by atoms with E-state index in [9.17, 15) is 0 Å². The zero-order chi connectivity index (χ0) is 15.1. The first-order valence-electron chi connectivity index (χ1n) is 7.96. The molecule has 116 valence electrons. The number of hydrogen-bond donors (Lipinski definition) is 1. The predicted octanol–water partition coefficient (Wildman–Crippen LogP) is 2.53. The Morgan fingerprint density at radius 1 is 1.24 bits per heavy atom. The molecular formula is C17H28N4. The predicted molar refractivity (Wildman–Crippen MR) is 89.3 cm³/mol. The van der Waals surface area contributed by atoms with E-state index in [0.717, 1.165) is 25.6 Å². The van der Waals surface area contributed by atoms with Crippen molar-refractivity contribution in [2.75, 3.05) is 27.2 Å². The molecule has 21 heavy (non-hydrogen) atoms. The summed E-state index contributed by atoms with van der Waals surface area (Å²) in [5, 5.41) is 3.21. The Hall–Kier alpha value is -1.55. The van der Waals surface area contributed by atoms with Crippen LogP contribution in [-0.2, 0) is 6.54 Å². The molecule has 1 aromatic rings. The normalized spacial score (nSPS) is 17.7. The topological polar surface area (TPSA) is 30.9 Å². The molecule has 4 heteroatoms. The lowest BCUT2D eigenvalue weighted by molar-refractivity contribution is 0.291. The summed E-state index contributed by atoms with van der Waals surface area (Å²) < 4.78 is 0. The Labute approximate surface area is 128 Å².